The highest BCUT2D eigenvalue weighted by atomic mass is 16.5. The molecule has 2 heterocycles. The predicted octanol–water partition coefficient (Wildman–Crippen LogP) is 0.920. The smallest absolute Gasteiger partial charge is 0.326 e. The molecule has 23 heavy (non-hydrogen) atoms. The minimum Gasteiger partial charge on any atom is -0.480 e. The van der Waals surface area contributed by atoms with Gasteiger partial charge in [0, 0.05) is 45.8 Å². The molecule has 2 saturated heterocycles. The number of benzene rings is 1. The first-order valence-corrected chi connectivity index (χ1v) is 7.92. The lowest BCUT2D eigenvalue weighted by Gasteiger charge is -2.42. The second-order valence-corrected chi connectivity index (χ2v) is 6.21. The topological polar surface area (TPSA) is 76.8 Å². The molecule has 6 nitrogen and oxygen atoms in total. The average Bonchev–Trinajstić information content (AvgIpc) is 3.07. The largest absolute Gasteiger partial charge is 0.480 e. The molecule has 1 aromatic carbocycles. The van der Waals surface area contributed by atoms with Crippen LogP contribution in [0, 0.1) is 11.3 Å². The molecule has 6 heteroatoms. The Morgan fingerprint density at radius 1 is 1.35 bits per heavy atom. The first kappa shape index (κ1) is 15.9. The minimum atomic E-state index is -0.840. The molecule has 3 rings (SSSR count). The Kier molecular flexibility index (Phi) is 4.62. The van der Waals surface area contributed by atoms with Crippen molar-refractivity contribution in [2.45, 2.75) is 18.5 Å². The van der Waals surface area contributed by atoms with Crippen LogP contribution in [-0.4, -0.2) is 65.8 Å². The van der Waals surface area contributed by atoms with Gasteiger partial charge in [0.1, 0.15) is 5.54 Å². The highest BCUT2D eigenvalue weighted by molar-refractivity contribution is 5.79. The van der Waals surface area contributed by atoms with E-state index in [-0.39, 0.29) is 6.61 Å². The van der Waals surface area contributed by atoms with Crippen LogP contribution in [0.4, 0.5) is 0 Å². The van der Waals surface area contributed by atoms with Gasteiger partial charge in [0.25, 0.3) is 0 Å². The third kappa shape index (κ3) is 3.22. The molecule has 0 bridgehead atoms. The van der Waals surface area contributed by atoms with Crippen LogP contribution in [-0.2, 0) is 16.1 Å². The van der Waals surface area contributed by atoms with Gasteiger partial charge in [0.15, 0.2) is 0 Å². The standard InChI is InChI=1S/C17H21N3O3/c18-11-14-2-1-3-15(10-14)12-19-5-7-20(8-6-19)17(16(21)22)4-9-23-13-17/h1-3,10H,4-9,12-13H2,(H,21,22). The number of piperazine rings is 1. The summed E-state index contributed by atoms with van der Waals surface area (Å²) in [4.78, 5) is 16.1. The number of hydrogen-bond acceptors (Lipinski definition) is 5. The van der Waals surface area contributed by atoms with Gasteiger partial charge in [-0.3, -0.25) is 14.6 Å². The average molecular weight is 315 g/mol. The predicted molar refractivity (Wildman–Crippen MR) is 83.8 cm³/mol. The van der Waals surface area contributed by atoms with E-state index >= 15 is 0 Å². The summed E-state index contributed by atoms with van der Waals surface area (Å²) in [6, 6.07) is 9.80. The van der Waals surface area contributed by atoms with Gasteiger partial charge in [0.05, 0.1) is 18.2 Å². The Bertz CT molecular complexity index is 612. The summed E-state index contributed by atoms with van der Waals surface area (Å²) < 4.78 is 5.36. The SMILES string of the molecule is N#Cc1cccc(CN2CCN(C3(C(=O)O)CCOC3)CC2)c1. The van der Waals surface area contributed by atoms with E-state index in [4.69, 9.17) is 10.00 Å². The third-order valence-corrected chi connectivity index (χ3v) is 4.84. The zero-order chi connectivity index (χ0) is 16.3. The Morgan fingerprint density at radius 3 is 2.74 bits per heavy atom. The van der Waals surface area contributed by atoms with Crippen LogP contribution in [0.15, 0.2) is 24.3 Å². The highest BCUT2D eigenvalue weighted by Gasteiger charge is 2.48. The maximum atomic E-state index is 11.7. The van der Waals surface area contributed by atoms with Crippen LogP contribution in [0.3, 0.4) is 0 Å². The summed E-state index contributed by atoms with van der Waals surface area (Å²) in [6.45, 7) is 4.71. The van der Waals surface area contributed by atoms with Crippen LogP contribution in [0.5, 0.6) is 0 Å². The first-order chi connectivity index (χ1) is 11.1. The molecule has 1 unspecified atom stereocenters. The van der Waals surface area contributed by atoms with Crippen LogP contribution in [0.25, 0.3) is 0 Å². The number of carboxylic acids is 1. The van der Waals surface area contributed by atoms with E-state index in [2.05, 4.69) is 15.9 Å². The molecule has 0 aromatic heterocycles. The third-order valence-electron chi connectivity index (χ3n) is 4.84. The summed E-state index contributed by atoms with van der Waals surface area (Å²) in [7, 11) is 0. The van der Waals surface area contributed by atoms with Crippen molar-refractivity contribution >= 4 is 5.97 Å². The second kappa shape index (κ2) is 6.67. The normalized spacial score (nSPS) is 26.0. The van der Waals surface area contributed by atoms with Crippen molar-refractivity contribution in [1.29, 1.82) is 5.26 Å². The fourth-order valence-electron chi connectivity index (χ4n) is 3.44. The first-order valence-electron chi connectivity index (χ1n) is 7.92. The molecule has 2 aliphatic heterocycles. The van der Waals surface area contributed by atoms with Gasteiger partial charge in [-0.05, 0) is 17.7 Å². The van der Waals surface area contributed by atoms with Gasteiger partial charge in [0.2, 0.25) is 0 Å². The van der Waals surface area contributed by atoms with Gasteiger partial charge < -0.3 is 9.84 Å². The number of carboxylic acid groups (broad SMARTS) is 1. The van der Waals surface area contributed by atoms with E-state index in [0.717, 1.165) is 38.3 Å². The number of nitrogens with zero attached hydrogens (tertiary/aromatic N) is 3. The summed E-state index contributed by atoms with van der Waals surface area (Å²) in [5.41, 5.74) is 0.955. The molecule has 0 saturated carbocycles. The van der Waals surface area contributed by atoms with E-state index in [1.54, 1.807) is 6.07 Å². The summed E-state index contributed by atoms with van der Waals surface area (Å²) in [6.07, 6.45) is 0.562. The number of ether oxygens (including phenoxy) is 1. The maximum Gasteiger partial charge on any atom is 0.326 e. The monoisotopic (exact) mass is 315 g/mol. The van der Waals surface area contributed by atoms with Crippen molar-refractivity contribution in [3.05, 3.63) is 35.4 Å². The Labute approximate surface area is 135 Å². The summed E-state index contributed by atoms with van der Waals surface area (Å²) >= 11 is 0. The van der Waals surface area contributed by atoms with Crippen molar-refractivity contribution in [1.82, 2.24) is 9.80 Å². The van der Waals surface area contributed by atoms with Crippen molar-refractivity contribution in [2.24, 2.45) is 0 Å². The number of rotatable bonds is 4. The molecule has 1 aromatic rings. The number of nitriles is 1. The Hall–Kier alpha value is -1.94. The number of aliphatic carboxylic acids is 1. The van der Waals surface area contributed by atoms with Crippen LogP contribution in [0.1, 0.15) is 17.5 Å². The fraction of sp³-hybridized carbons (Fsp3) is 0.529. The van der Waals surface area contributed by atoms with Crippen molar-refractivity contribution in [3.8, 4) is 6.07 Å². The van der Waals surface area contributed by atoms with Crippen molar-refractivity contribution in [3.63, 3.8) is 0 Å². The van der Waals surface area contributed by atoms with E-state index in [9.17, 15) is 9.90 Å². The molecule has 2 fully saturated rings. The molecule has 1 atom stereocenters. The zero-order valence-corrected chi connectivity index (χ0v) is 13.1. The Morgan fingerprint density at radius 2 is 2.13 bits per heavy atom. The molecule has 2 aliphatic rings. The lowest BCUT2D eigenvalue weighted by molar-refractivity contribution is -0.153. The summed E-state index contributed by atoms with van der Waals surface area (Å²) in [5, 5.41) is 18.6. The van der Waals surface area contributed by atoms with Crippen LogP contribution < -0.4 is 0 Å². The molecule has 0 amide bonds. The van der Waals surface area contributed by atoms with E-state index in [1.807, 2.05) is 18.2 Å². The fourth-order valence-corrected chi connectivity index (χ4v) is 3.44. The molecule has 122 valence electrons. The highest BCUT2D eigenvalue weighted by Crippen LogP contribution is 2.28. The molecule has 0 spiro atoms. The van der Waals surface area contributed by atoms with E-state index in [1.165, 1.54) is 0 Å². The van der Waals surface area contributed by atoms with Gasteiger partial charge in [-0.2, -0.15) is 5.26 Å². The van der Waals surface area contributed by atoms with E-state index < -0.39 is 11.5 Å². The van der Waals surface area contributed by atoms with E-state index in [0.29, 0.717) is 18.6 Å². The lowest BCUT2D eigenvalue weighted by Crippen LogP contribution is -2.61. The molecule has 0 aliphatic carbocycles. The number of hydrogen-bond donors (Lipinski definition) is 1. The molecule has 0 radical (unpaired) electrons. The van der Waals surface area contributed by atoms with Gasteiger partial charge in [-0.25, -0.2) is 0 Å². The number of carbonyl (C=O) groups is 1. The summed E-state index contributed by atoms with van der Waals surface area (Å²) in [5.74, 6) is -0.773. The maximum absolute atomic E-state index is 11.7. The molecular formula is C17H21N3O3. The quantitative estimate of drug-likeness (QED) is 0.890. The van der Waals surface area contributed by atoms with Gasteiger partial charge >= 0.3 is 5.97 Å². The van der Waals surface area contributed by atoms with Gasteiger partial charge in [-0.15, -0.1) is 0 Å². The minimum absolute atomic E-state index is 0.284. The second-order valence-electron chi connectivity index (χ2n) is 6.21. The van der Waals surface area contributed by atoms with Crippen molar-refractivity contribution in [2.75, 3.05) is 39.4 Å². The Balaban J connectivity index is 1.60. The molecule has 1 N–H and O–H groups in total. The van der Waals surface area contributed by atoms with Crippen molar-refractivity contribution < 1.29 is 14.6 Å². The van der Waals surface area contributed by atoms with Crippen LogP contribution in [0.2, 0.25) is 0 Å². The van der Waals surface area contributed by atoms with Crippen LogP contribution >= 0.6 is 0 Å². The lowest BCUT2D eigenvalue weighted by atomic mass is 9.95. The zero-order valence-electron chi connectivity index (χ0n) is 13.1. The van der Waals surface area contributed by atoms with Gasteiger partial charge in [-0.1, -0.05) is 12.1 Å². The molecular weight excluding hydrogens is 294 g/mol.